The van der Waals surface area contributed by atoms with E-state index in [1.54, 1.807) is 0 Å². The molecule has 0 unspecified atom stereocenters. The van der Waals surface area contributed by atoms with Gasteiger partial charge in [-0.05, 0) is 37.5 Å². The summed E-state index contributed by atoms with van der Waals surface area (Å²) < 4.78 is 0. The lowest BCUT2D eigenvalue weighted by Crippen LogP contribution is -2.39. The molecular formula is C12H18N4. The van der Waals surface area contributed by atoms with Crippen LogP contribution in [0, 0.1) is 13.8 Å². The maximum absolute atomic E-state index is 6.01. The maximum atomic E-state index is 6.01. The first-order valence-corrected chi connectivity index (χ1v) is 5.03. The van der Waals surface area contributed by atoms with Gasteiger partial charge >= 0.3 is 0 Å². The van der Waals surface area contributed by atoms with Crippen molar-refractivity contribution >= 4 is 11.5 Å². The number of benzene rings is 1. The quantitative estimate of drug-likeness (QED) is 0.344. The Balaban J connectivity index is 3.24. The Kier molecular flexibility index (Phi) is 3.68. The van der Waals surface area contributed by atoms with Gasteiger partial charge in [0.15, 0.2) is 5.84 Å². The minimum atomic E-state index is 0.484. The van der Waals surface area contributed by atoms with E-state index in [9.17, 15) is 0 Å². The second-order valence-corrected chi connectivity index (χ2v) is 3.84. The van der Waals surface area contributed by atoms with E-state index in [2.05, 4.69) is 11.7 Å². The van der Waals surface area contributed by atoms with Gasteiger partial charge in [0, 0.05) is 0 Å². The molecule has 0 bridgehead atoms. The number of para-hydroxylation sites is 1. The van der Waals surface area contributed by atoms with Crippen LogP contribution in [0.5, 0.6) is 0 Å². The van der Waals surface area contributed by atoms with Crippen LogP contribution in [0.2, 0.25) is 0 Å². The van der Waals surface area contributed by atoms with E-state index >= 15 is 0 Å². The Morgan fingerprint density at radius 1 is 1.31 bits per heavy atom. The van der Waals surface area contributed by atoms with Crippen LogP contribution in [0.3, 0.4) is 0 Å². The molecule has 0 saturated heterocycles. The summed E-state index contributed by atoms with van der Waals surface area (Å²) >= 11 is 0. The normalized spacial score (nSPS) is 11.4. The Morgan fingerprint density at radius 2 is 1.81 bits per heavy atom. The zero-order valence-electron chi connectivity index (χ0n) is 9.99. The summed E-state index contributed by atoms with van der Waals surface area (Å²) in [5.74, 6) is 11.8. The number of hydrazine groups is 1. The average Bonchev–Trinajstić information content (AvgIpc) is 2.17. The summed E-state index contributed by atoms with van der Waals surface area (Å²) in [6, 6.07) is 5.98. The van der Waals surface area contributed by atoms with Crippen LogP contribution in [0.1, 0.15) is 18.1 Å². The predicted octanol–water partition coefficient (Wildman–Crippen LogP) is 1.83. The van der Waals surface area contributed by atoms with Gasteiger partial charge in [-0.15, -0.1) is 0 Å². The monoisotopic (exact) mass is 218 g/mol. The molecular weight excluding hydrogens is 200 g/mol. The Hall–Kier alpha value is -1.81. The lowest BCUT2D eigenvalue weighted by Gasteiger charge is -2.23. The molecule has 0 fully saturated rings. The van der Waals surface area contributed by atoms with E-state index < -0.39 is 0 Å². The lowest BCUT2D eigenvalue weighted by molar-refractivity contribution is 1.06. The fourth-order valence-electron chi connectivity index (χ4n) is 1.67. The first-order chi connectivity index (χ1) is 7.49. The van der Waals surface area contributed by atoms with Crippen molar-refractivity contribution in [1.82, 2.24) is 0 Å². The molecule has 4 N–H and O–H groups in total. The number of hydrogen-bond donors (Lipinski definition) is 2. The highest BCUT2D eigenvalue weighted by Gasteiger charge is 2.14. The SMILES string of the molecule is C=C(C)/C(=N/N)N(N)c1c(C)cccc1C. The smallest absolute Gasteiger partial charge is 0.169 e. The summed E-state index contributed by atoms with van der Waals surface area (Å²) in [5.41, 5.74) is 3.79. The Labute approximate surface area is 96.2 Å². The fourth-order valence-corrected chi connectivity index (χ4v) is 1.67. The van der Waals surface area contributed by atoms with Gasteiger partial charge in [-0.1, -0.05) is 24.8 Å². The minimum Gasteiger partial charge on any atom is -0.321 e. The number of nitrogens with zero attached hydrogens (tertiary/aromatic N) is 2. The Morgan fingerprint density at radius 3 is 2.19 bits per heavy atom. The maximum Gasteiger partial charge on any atom is 0.169 e. The van der Waals surface area contributed by atoms with E-state index in [-0.39, 0.29) is 0 Å². The van der Waals surface area contributed by atoms with Crippen LogP contribution in [-0.4, -0.2) is 5.84 Å². The van der Waals surface area contributed by atoms with Crippen LogP contribution in [-0.2, 0) is 0 Å². The van der Waals surface area contributed by atoms with Crippen molar-refractivity contribution in [3.8, 4) is 0 Å². The summed E-state index contributed by atoms with van der Waals surface area (Å²) in [6.07, 6.45) is 0. The summed E-state index contributed by atoms with van der Waals surface area (Å²) in [6.45, 7) is 9.61. The number of nitrogens with two attached hydrogens (primary N) is 2. The van der Waals surface area contributed by atoms with Gasteiger partial charge < -0.3 is 5.84 Å². The molecule has 0 saturated carbocycles. The van der Waals surface area contributed by atoms with Gasteiger partial charge in [-0.2, -0.15) is 5.10 Å². The molecule has 0 aliphatic rings. The number of hydrazone groups is 1. The van der Waals surface area contributed by atoms with Crippen LogP contribution in [0.15, 0.2) is 35.5 Å². The van der Waals surface area contributed by atoms with Crippen molar-refractivity contribution in [2.75, 3.05) is 5.01 Å². The highest BCUT2D eigenvalue weighted by molar-refractivity contribution is 6.08. The number of anilines is 1. The van der Waals surface area contributed by atoms with Crippen molar-refractivity contribution < 1.29 is 0 Å². The largest absolute Gasteiger partial charge is 0.321 e. The third-order valence-electron chi connectivity index (χ3n) is 2.41. The first kappa shape index (κ1) is 12.3. The summed E-state index contributed by atoms with van der Waals surface area (Å²) in [7, 11) is 0. The van der Waals surface area contributed by atoms with Gasteiger partial charge in [0.1, 0.15) is 0 Å². The van der Waals surface area contributed by atoms with Crippen molar-refractivity contribution in [3.05, 3.63) is 41.5 Å². The van der Waals surface area contributed by atoms with Crippen LogP contribution < -0.4 is 16.7 Å². The van der Waals surface area contributed by atoms with Crippen LogP contribution in [0.25, 0.3) is 0 Å². The Bertz CT molecular complexity index is 414. The molecule has 1 aromatic carbocycles. The van der Waals surface area contributed by atoms with Crippen LogP contribution in [0.4, 0.5) is 5.69 Å². The molecule has 1 aromatic rings. The second-order valence-electron chi connectivity index (χ2n) is 3.84. The molecule has 0 aliphatic heterocycles. The van der Waals surface area contributed by atoms with E-state index in [0.717, 1.165) is 22.4 Å². The van der Waals surface area contributed by atoms with Crippen molar-refractivity contribution in [2.24, 2.45) is 16.8 Å². The molecule has 1 rings (SSSR count). The molecule has 0 radical (unpaired) electrons. The van der Waals surface area contributed by atoms with E-state index in [4.69, 9.17) is 11.7 Å². The van der Waals surface area contributed by atoms with E-state index in [1.807, 2.05) is 39.0 Å². The van der Waals surface area contributed by atoms with E-state index in [1.165, 1.54) is 5.01 Å². The number of aryl methyl sites for hydroxylation is 2. The summed E-state index contributed by atoms with van der Waals surface area (Å²) in [4.78, 5) is 0. The molecule has 0 spiro atoms. The average molecular weight is 218 g/mol. The van der Waals surface area contributed by atoms with Gasteiger partial charge in [0.2, 0.25) is 0 Å². The standard InChI is InChI=1S/C12H18N4/c1-8(2)12(15-13)16(14)11-9(3)6-5-7-10(11)4/h5-7H,1,13-14H2,2-4H3/b15-12-. The topological polar surface area (TPSA) is 67.6 Å². The molecule has 0 atom stereocenters. The molecule has 86 valence electrons. The first-order valence-electron chi connectivity index (χ1n) is 5.03. The molecule has 4 nitrogen and oxygen atoms in total. The van der Waals surface area contributed by atoms with Gasteiger partial charge in [0.05, 0.1) is 5.69 Å². The zero-order valence-corrected chi connectivity index (χ0v) is 9.99. The van der Waals surface area contributed by atoms with Crippen molar-refractivity contribution in [2.45, 2.75) is 20.8 Å². The van der Waals surface area contributed by atoms with Crippen molar-refractivity contribution in [1.29, 1.82) is 0 Å². The minimum absolute atomic E-state index is 0.484. The number of hydrogen-bond acceptors (Lipinski definition) is 3. The highest BCUT2D eigenvalue weighted by Crippen LogP contribution is 2.23. The number of amidine groups is 1. The molecule has 0 heterocycles. The number of rotatable bonds is 2. The highest BCUT2D eigenvalue weighted by atomic mass is 15.5. The van der Waals surface area contributed by atoms with Crippen LogP contribution >= 0.6 is 0 Å². The molecule has 0 aromatic heterocycles. The molecule has 0 amide bonds. The lowest BCUT2D eigenvalue weighted by atomic mass is 10.1. The van der Waals surface area contributed by atoms with Gasteiger partial charge in [-0.25, -0.2) is 5.84 Å². The third kappa shape index (κ3) is 2.23. The zero-order chi connectivity index (χ0) is 12.3. The van der Waals surface area contributed by atoms with Gasteiger partial charge in [-0.3, -0.25) is 5.01 Å². The molecule has 0 aliphatic carbocycles. The molecule has 16 heavy (non-hydrogen) atoms. The summed E-state index contributed by atoms with van der Waals surface area (Å²) in [5, 5.41) is 5.14. The van der Waals surface area contributed by atoms with Gasteiger partial charge in [0.25, 0.3) is 0 Å². The second kappa shape index (κ2) is 4.81. The third-order valence-corrected chi connectivity index (χ3v) is 2.41. The van der Waals surface area contributed by atoms with E-state index in [0.29, 0.717) is 5.84 Å². The molecule has 4 heteroatoms. The van der Waals surface area contributed by atoms with Crippen molar-refractivity contribution in [3.63, 3.8) is 0 Å². The predicted molar refractivity (Wildman–Crippen MR) is 69.0 cm³/mol. The fraction of sp³-hybridized carbons (Fsp3) is 0.250.